The summed E-state index contributed by atoms with van der Waals surface area (Å²) in [6, 6.07) is 6.01. The van der Waals surface area contributed by atoms with Gasteiger partial charge in [0.15, 0.2) is 17.3 Å². The van der Waals surface area contributed by atoms with Crippen LogP contribution in [0.3, 0.4) is 0 Å². The van der Waals surface area contributed by atoms with E-state index >= 15 is 0 Å². The van der Waals surface area contributed by atoms with Crippen LogP contribution in [0.15, 0.2) is 30.6 Å². The molecular weight excluding hydrogens is 249 g/mol. The zero-order valence-corrected chi connectivity index (χ0v) is 10.5. The fraction of sp³-hybridized carbons (Fsp3) is 0.231. The van der Waals surface area contributed by atoms with E-state index in [0.717, 1.165) is 6.42 Å². The quantitative estimate of drug-likeness (QED) is 0.898. The van der Waals surface area contributed by atoms with Gasteiger partial charge >= 0.3 is 0 Å². The van der Waals surface area contributed by atoms with Crippen LogP contribution < -0.4 is 15.2 Å². The minimum absolute atomic E-state index is 0.0503. The van der Waals surface area contributed by atoms with E-state index in [9.17, 15) is 4.39 Å². The number of benzene rings is 1. The smallest absolute Gasteiger partial charge is 0.249 e. The van der Waals surface area contributed by atoms with Crippen molar-refractivity contribution in [3.05, 3.63) is 36.4 Å². The Balaban J connectivity index is 2.23. The molecule has 1 aromatic carbocycles. The van der Waals surface area contributed by atoms with Crippen LogP contribution in [0.25, 0.3) is 0 Å². The van der Waals surface area contributed by atoms with E-state index in [2.05, 4.69) is 9.97 Å². The molecule has 0 fully saturated rings. The summed E-state index contributed by atoms with van der Waals surface area (Å²) >= 11 is 0. The summed E-state index contributed by atoms with van der Waals surface area (Å²) in [5.74, 6) is -0.125. The average molecular weight is 263 g/mol. The number of hydrogen-bond donors (Lipinski definition) is 1. The van der Waals surface area contributed by atoms with Gasteiger partial charge in [-0.2, -0.15) is 9.97 Å². The van der Waals surface area contributed by atoms with Crippen molar-refractivity contribution >= 4 is 5.69 Å². The molecule has 0 saturated heterocycles. The van der Waals surface area contributed by atoms with Crippen LogP contribution in [0.1, 0.15) is 13.3 Å². The first kappa shape index (κ1) is 13.1. The first-order valence-corrected chi connectivity index (χ1v) is 5.88. The molecule has 0 aliphatic heterocycles. The van der Waals surface area contributed by atoms with Crippen LogP contribution in [0.2, 0.25) is 0 Å². The number of aromatic nitrogens is 2. The fourth-order valence-corrected chi connectivity index (χ4v) is 1.39. The van der Waals surface area contributed by atoms with Crippen LogP contribution in [0.5, 0.6) is 17.5 Å². The van der Waals surface area contributed by atoms with E-state index in [0.29, 0.717) is 6.61 Å². The lowest BCUT2D eigenvalue weighted by atomic mass is 10.3. The Bertz CT molecular complexity index is 563. The Morgan fingerprint density at radius 3 is 2.68 bits per heavy atom. The molecule has 0 aliphatic rings. The number of nitrogens with zero attached hydrogens (tertiary/aromatic N) is 2. The Morgan fingerprint density at radius 1 is 1.21 bits per heavy atom. The molecule has 0 radical (unpaired) electrons. The highest BCUT2D eigenvalue weighted by atomic mass is 19.1. The molecule has 2 aromatic rings. The fourth-order valence-electron chi connectivity index (χ4n) is 1.39. The third-order valence-electron chi connectivity index (χ3n) is 2.30. The van der Waals surface area contributed by atoms with Gasteiger partial charge < -0.3 is 15.2 Å². The highest BCUT2D eigenvalue weighted by Crippen LogP contribution is 2.31. The molecule has 1 aromatic heterocycles. The average Bonchev–Trinajstić information content (AvgIpc) is 2.42. The molecule has 0 aliphatic carbocycles. The van der Waals surface area contributed by atoms with Gasteiger partial charge in [-0.15, -0.1) is 0 Å². The Morgan fingerprint density at radius 2 is 1.95 bits per heavy atom. The molecule has 5 nitrogen and oxygen atoms in total. The molecule has 0 spiro atoms. The van der Waals surface area contributed by atoms with Crippen molar-refractivity contribution in [1.82, 2.24) is 9.97 Å². The predicted molar refractivity (Wildman–Crippen MR) is 68.7 cm³/mol. The predicted octanol–water partition coefficient (Wildman–Crippen LogP) is 2.78. The zero-order chi connectivity index (χ0) is 13.7. The van der Waals surface area contributed by atoms with E-state index < -0.39 is 5.82 Å². The van der Waals surface area contributed by atoms with Gasteiger partial charge in [-0.25, -0.2) is 4.39 Å². The van der Waals surface area contributed by atoms with Gasteiger partial charge in [0.2, 0.25) is 11.8 Å². The second-order valence-electron chi connectivity index (χ2n) is 3.78. The SMILES string of the molecule is CCCOc1ncnc(Oc2ccccc2F)c1N. The highest BCUT2D eigenvalue weighted by Gasteiger charge is 2.13. The maximum atomic E-state index is 13.5. The molecule has 100 valence electrons. The number of nitrogens with two attached hydrogens (primary N) is 1. The van der Waals surface area contributed by atoms with Gasteiger partial charge in [0.05, 0.1) is 6.61 Å². The van der Waals surface area contributed by atoms with Crippen LogP contribution in [-0.2, 0) is 0 Å². The highest BCUT2D eigenvalue weighted by molar-refractivity contribution is 5.56. The van der Waals surface area contributed by atoms with Gasteiger partial charge in [0.25, 0.3) is 0 Å². The van der Waals surface area contributed by atoms with Gasteiger partial charge in [-0.3, -0.25) is 0 Å². The lowest BCUT2D eigenvalue weighted by Gasteiger charge is -2.10. The molecule has 0 bridgehead atoms. The van der Waals surface area contributed by atoms with Crippen molar-refractivity contribution in [2.45, 2.75) is 13.3 Å². The standard InChI is InChI=1S/C13H14FN3O2/c1-2-7-18-12-11(15)13(17-8-16-12)19-10-6-4-3-5-9(10)14/h3-6,8H,2,7,15H2,1H3. The van der Waals surface area contributed by atoms with Crippen molar-refractivity contribution < 1.29 is 13.9 Å². The van der Waals surface area contributed by atoms with Crippen LogP contribution in [-0.4, -0.2) is 16.6 Å². The van der Waals surface area contributed by atoms with E-state index in [-0.39, 0.29) is 23.2 Å². The number of para-hydroxylation sites is 1. The van der Waals surface area contributed by atoms with Crippen LogP contribution in [0.4, 0.5) is 10.1 Å². The molecule has 0 atom stereocenters. The molecule has 19 heavy (non-hydrogen) atoms. The maximum absolute atomic E-state index is 13.5. The van der Waals surface area contributed by atoms with E-state index in [1.807, 2.05) is 6.92 Å². The monoisotopic (exact) mass is 263 g/mol. The number of hydrogen-bond acceptors (Lipinski definition) is 5. The molecule has 1 heterocycles. The summed E-state index contributed by atoms with van der Waals surface area (Å²) in [5.41, 5.74) is 5.98. The van der Waals surface area contributed by atoms with E-state index in [4.69, 9.17) is 15.2 Å². The molecule has 2 rings (SSSR count). The minimum atomic E-state index is -0.489. The first-order valence-electron chi connectivity index (χ1n) is 5.88. The second kappa shape index (κ2) is 5.99. The molecular formula is C13H14FN3O2. The summed E-state index contributed by atoms with van der Waals surface area (Å²) in [6.45, 7) is 2.45. The van der Waals surface area contributed by atoms with Crippen molar-refractivity contribution in [2.75, 3.05) is 12.3 Å². The Hall–Kier alpha value is -2.37. The lowest BCUT2D eigenvalue weighted by Crippen LogP contribution is -2.04. The molecule has 0 saturated carbocycles. The minimum Gasteiger partial charge on any atom is -0.476 e. The largest absolute Gasteiger partial charge is 0.476 e. The Kier molecular flexibility index (Phi) is 4.12. The third-order valence-corrected chi connectivity index (χ3v) is 2.30. The van der Waals surface area contributed by atoms with Crippen LogP contribution in [0, 0.1) is 5.82 Å². The number of halogens is 1. The number of ether oxygens (including phenoxy) is 2. The van der Waals surface area contributed by atoms with Gasteiger partial charge in [-0.1, -0.05) is 19.1 Å². The van der Waals surface area contributed by atoms with Crippen molar-refractivity contribution in [3.8, 4) is 17.5 Å². The maximum Gasteiger partial charge on any atom is 0.249 e. The summed E-state index contributed by atoms with van der Waals surface area (Å²) in [6.07, 6.45) is 2.09. The van der Waals surface area contributed by atoms with E-state index in [1.54, 1.807) is 12.1 Å². The van der Waals surface area contributed by atoms with Crippen molar-refractivity contribution in [3.63, 3.8) is 0 Å². The number of rotatable bonds is 5. The molecule has 0 unspecified atom stereocenters. The van der Waals surface area contributed by atoms with E-state index in [1.165, 1.54) is 18.5 Å². The van der Waals surface area contributed by atoms with Gasteiger partial charge in [0.1, 0.15) is 6.33 Å². The molecule has 0 amide bonds. The van der Waals surface area contributed by atoms with Gasteiger partial charge in [0, 0.05) is 0 Å². The topological polar surface area (TPSA) is 70.3 Å². The number of anilines is 1. The van der Waals surface area contributed by atoms with Crippen molar-refractivity contribution in [1.29, 1.82) is 0 Å². The summed E-state index contributed by atoms with van der Waals surface area (Å²) in [7, 11) is 0. The first-order chi connectivity index (χ1) is 9.22. The normalized spacial score (nSPS) is 10.2. The summed E-state index contributed by atoms with van der Waals surface area (Å²) in [4.78, 5) is 7.79. The summed E-state index contributed by atoms with van der Waals surface area (Å²) < 4.78 is 24.1. The third kappa shape index (κ3) is 3.09. The van der Waals surface area contributed by atoms with Crippen molar-refractivity contribution in [2.24, 2.45) is 0 Å². The van der Waals surface area contributed by atoms with Crippen LogP contribution >= 0.6 is 0 Å². The number of nitrogen functional groups attached to an aromatic ring is 1. The van der Waals surface area contributed by atoms with Gasteiger partial charge in [-0.05, 0) is 18.6 Å². The lowest BCUT2D eigenvalue weighted by molar-refractivity contribution is 0.304. The summed E-state index contributed by atoms with van der Waals surface area (Å²) in [5, 5.41) is 0. The molecule has 6 heteroatoms. The second-order valence-corrected chi connectivity index (χ2v) is 3.78. The Labute approximate surface area is 110 Å². The zero-order valence-electron chi connectivity index (χ0n) is 10.5. The molecule has 2 N–H and O–H groups in total.